The SMILES string of the molecule is CC1(C)O[C@H]2O[C@H](/C=C/S(=O)(=O)/C=C/[C@H]3O[C@@H]4OC(C)(C)O[C@@H]4[C@H]3OCc3ccccc3)[C@H](OCc3ccccc3)[C@H]2O1. The van der Waals surface area contributed by atoms with Gasteiger partial charge >= 0.3 is 0 Å². The Bertz CT molecular complexity index is 1310. The van der Waals surface area contributed by atoms with Gasteiger partial charge in [-0.15, -0.1) is 0 Å². The summed E-state index contributed by atoms with van der Waals surface area (Å²) in [4.78, 5) is 0. The molecule has 0 spiro atoms. The first-order valence-corrected chi connectivity index (χ1v) is 16.0. The summed E-state index contributed by atoms with van der Waals surface area (Å²) in [6, 6.07) is 19.4. The Kier molecular flexibility index (Phi) is 8.64. The van der Waals surface area contributed by atoms with E-state index in [0.717, 1.165) is 21.9 Å². The average molecular weight is 615 g/mol. The monoisotopic (exact) mass is 614 g/mol. The number of benzene rings is 2. The van der Waals surface area contributed by atoms with Crippen LogP contribution in [0.1, 0.15) is 38.8 Å². The molecule has 0 bridgehead atoms. The van der Waals surface area contributed by atoms with Crippen LogP contribution in [0.3, 0.4) is 0 Å². The molecule has 10 nitrogen and oxygen atoms in total. The van der Waals surface area contributed by atoms with Gasteiger partial charge in [-0.2, -0.15) is 0 Å². The summed E-state index contributed by atoms with van der Waals surface area (Å²) >= 11 is 0. The number of ether oxygens (including phenoxy) is 8. The first kappa shape index (κ1) is 30.6. The fourth-order valence-corrected chi connectivity index (χ4v) is 6.49. The minimum absolute atomic E-state index is 0.311. The summed E-state index contributed by atoms with van der Waals surface area (Å²) < 4.78 is 74.5. The largest absolute Gasteiger partial charge is 0.368 e. The van der Waals surface area contributed by atoms with Crippen LogP contribution in [0.25, 0.3) is 0 Å². The molecule has 4 saturated heterocycles. The van der Waals surface area contributed by atoms with Crippen molar-refractivity contribution in [3.63, 3.8) is 0 Å². The van der Waals surface area contributed by atoms with Gasteiger partial charge in [-0.1, -0.05) is 60.7 Å². The summed E-state index contributed by atoms with van der Waals surface area (Å²) in [5, 5.41) is 2.20. The lowest BCUT2D eigenvalue weighted by molar-refractivity contribution is -0.213. The minimum Gasteiger partial charge on any atom is -0.368 e. The highest BCUT2D eigenvalue weighted by molar-refractivity contribution is 7.97. The third-order valence-corrected chi connectivity index (χ3v) is 8.61. The molecule has 43 heavy (non-hydrogen) atoms. The zero-order valence-corrected chi connectivity index (χ0v) is 25.4. The topological polar surface area (TPSA) is 108 Å². The predicted molar refractivity (Wildman–Crippen MR) is 155 cm³/mol. The van der Waals surface area contributed by atoms with Crippen molar-refractivity contribution < 1.29 is 46.3 Å². The Hall–Kier alpha value is -2.45. The molecule has 0 radical (unpaired) electrons. The Morgan fingerprint density at radius 2 is 1.05 bits per heavy atom. The van der Waals surface area contributed by atoms with Crippen molar-refractivity contribution in [3.05, 3.63) is 94.8 Å². The van der Waals surface area contributed by atoms with Gasteiger partial charge in [0, 0.05) is 10.8 Å². The molecule has 0 aliphatic carbocycles. The maximum atomic E-state index is 13.1. The van der Waals surface area contributed by atoms with Crippen LogP contribution in [0.15, 0.2) is 83.6 Å². The van der Waals surface area contributed by atoms with Crippen molar-refractivity contribution in [2.75, 3.05) is 0 Å². The average Bonchev–Trinajstić information content (AvgIpc) is 3.64. The van der Waals surface area contributed by atoms with E-state index in [-0.39, 0.29) is 0 Å². The molecule has 232 valence electrons. The second-order valence-electron chi connectivity index (χ2n) is 11.9. The second kappa shape index (κ2) is 12.2. The van der Waals surface area contributed by atoms with Crippen molar-refractivity contribution in [2.45, 2.75) is 102 Å². The summed E-state index contributed by atoms with van der Waals surface area (Å²) in [5.74, 6) is -1.68. The van der Waals surface area contributed by atoms with E-state index < -0.39 is 70.6 Å². The zero-order chi connectivity index (χ0) is 30.2. The first-order chi connectivity index (χ1) is 20.5. The van der Waals surface area contributed by atoms with E-state index in [0.29, 0.717) is 13.2 Å². The molecule has 4 aliphatic rings. The number of hydrogen-bond donors (Lipinski definition) is 0. The number of fused-ring (bicyclic) bond motifs is 2. The molecular formula is C32H38O10S. The van der Waals surface area contributed by atoms with Crippen molar-refractivity contribution in [1.82, 2.24) is 0 Å². The van der Waals surface area contributed by atoms with Gasteiger partial charge in [0.05, 0.1) is 13.2 Å². The molecule has 2 aromatic carbocycles. The minimum atomic E-state index is -3.83. The van der Waals surface area contributed by atoms with Crippen LogP contribution in [-0.2, 0) is 60.9 Å². The molecule has 8 atom stereocenters. The number of rotatable bonds is 10. The molecule has 6 rings (SSSR count). The Balaban J connectivity index is 1.14. The van der Waals surface area contributed by atoms with E-state index >= 15 is 0 Å². The van der Waals surface area contributed by atoms with E-state index in [1.54, 1.807) is 27.7 Å². The Labute approximate surface area is 252 Å². The van der Waals surface area contributed by atoms with E-state index in [1.165, 1.54) is 12.2 Å². The second-order valence-corrected chi connectivity index (χ2v) is 13.6. The van der Waals surface area contributed by atoms with Crippen LogP contribution >= 0.6 is 0 Å². The van der Waals surface area contributed by atoms with Gasteiger partial charge in [-0.25, -0.2) is 8.42 Å². The van der Waals surface area contributed by atoms with E-state index in [4.69, 9.17) is 37.9 Å². The smallest absolute Gasteiger partial charge is 0.192 e. The molecule has 4 fully saturated rings. The van der Waals surface area contributed by atoms with E-state index in [1.807, 2.05) is 60.7 Å². The lowest BCUT2D eigenvalue weighted by atomic mass is 10.1. The molecule has 0 N–H and O–H groups in total. The normalized spacial score (nSPS) is 34.7. The highest BCUT2D eigenvalue weighted by atomic mass is 32.2. The predicted octanol–water partition coefficient (Wildman–Crippen LogP) is 4.35. The van der Waals surface area contributed by atoms with Crippen LogP contribution in [0.5, 0.6) is 0 Å². The third-order valence-electron chi connectivity index (χ3n) is 7.54. The number of hydrogen-bond acceptors (Lipinski definition) is 10. The molecule has 11 heteroatoms. The van der Waals surface area contributed by atoms with Gasteiger partial charge in [0.25, 0.3) is 0 Å². The molecule has 4 heterocycles. The number of sulfone groups is 1. The highest BCUT2D eigenvalue weighted by Gasteiger charge is 2.56. The van der Waals surface area contributed by atoms with Crippen molar-refractivity contribution in [2.24, 2.45) is 0 Å². The van der Waals surface area contributed by atoms with Crippen molar-refractivity contribution in [3.8, 4) is 0 Å². The zero-order valence-electron chi connectivity index (χ0n) is 24.6. The standard InChI is InChI=1S/C32H38O10S/c1-31(2)39-27-25(35-19-21-11-7-5-8-12-21)23(37-29(27)41-31)15-17-43(33,34)18-16-24-26(36-20-22-13-9-6-10-14-22)28-30(38-24)42-32(3,4)40-28/h5-18,23-30H,19-20H2,1-4H3/b17-15+,18-16+/t23-,24-,25+,26+,27-,28-,29-,30-/m1/s1. The summed E-state index contributed by atoms with van der Waals surface area (Å²) in [6.07, 6.45) is -2.00. The maximum Gasteiger partial charge on any atom is 0.192 e. The highest BCUT2D eigenvalue weighted by Crippen LogP contribution is 2.41. The summed E-state index contributed by atoms with van der Waals surface area (Å²) in [6.45, 7) is 7.83. The Morgan fingerprint density at radius 1 is 0.651 bits per heavy atom. The van der Waals surface area contributed by atoms with E-state index in [9.17, 15) is 8.42 Å². The van der Waals surface area contributed by atoms with Crippen LogP contribution in [-0.4, -0.2) is 69.2 Å². The molecule has 0 saturated carbocycles. The quantitative estimate of drug-likeness (QED) is 0.383. The van der Waals surface area contributed by atoms with Gasteiger partial charge < -0.3 is 37.9 Å². The molecule has 0 unspecified atom stereocenters. The van der Waals surface area contributed by atoms with Crippen LogP contribution in [0, 0.1) is 0 Å². The van der Waals surface area contributed by atoms with Gasteiger partial charge in [0.15, 0.2) is 34.0 Å². The van der Waals surface area contributed by atoms with Gasteiger partial charge in [0.1, 0.15) is 36.6 Å². The molecule has 2 aromatic rings. The first-order valence-electron chi connectivity index (χ1n) is 14.4. The lowest BCUT2D eigenvalue weighted by Crippen LogP contribution is -2.36. The summed E-state index contributed by atoms with van der Waals surface area (Å²) in [5.41, 5.74) is 1.95. The van der Waals surface area contributed by atoms with Gasteiger partial charge in [0.2, 0.25) is 0 Å². The molecule has 0 amide bonds. The molecular weight excluding hydrogens is 576 g/mol. The fourth-order valence-electron chi connectivity index (χ4n) is 5.65. The van der Waals surface area contributed by atoms with Gasteiger partial charge in [-0.3, -0.25) is 0 Å². The fraction of sp³-hybridized carbons (Fsp3) is 0.500. The van der Waals surface area contributed by atoms with Crippen LogP contribution in [0.4, 0.5) is 0 Å². The summed E-state index contributed by atoms with van der Waals surface area (Å²) in [7, 11) is -3.83. The lowest BCUT2D eigenvalue weighted by Gasteiger charge is -2.24. The third kappa shape index (κ3) is 7.28. The van der Waals surface area contributed by atoms with Crippen LogP contribution < -0.4 is 0 Å². The van der Waals surface area contributed by atoms with E-state index in [2.05, 4.69) is 0 Å². The molecule has 0 aromatic heterocycles. The van der Waals surface area contributed by atoms with Crippen LogP contribution in [0.2, 0.25) is 0 Å². The molecule has 4 aliphatic heterocycles. The van der Waals surface area contributed by atoms with Crippen molar-refractivity contribution in [1.29, 1.82) is 0 Å². The Morgan fingerprint density at radius 3 is 1.44 bits per heavy atom. The maximum absolute atomic E-state index is 13.1. The van der Waals surface area contributed by atoms with Gasteiger partial charge in [-0.05, 0) is 51.0 Å². The van der Waals surface area contributed by atoms with Crippen molar-refractivity contribution >= 4 is 9.84 Å².